The van der Waals surface area contributed by atoms with Crippen LogP contribution in [0.3, 0.4) is 0 Å². The molecule has 2 aromatic carbocycles. The lowest BCUT2D eigenvalue weighted by molar-refractivity contribution is -0.385. The quantitative estimate of drug-likeness (QED) is 0.536. The Morgan fingerprint density at radius 2 is 1.96 bits per heavy atom. The Balaban J connectivity index is 2.22. The third-order valence-electron chi connectivity index (χ3n) is 3.78. The van der Waals surface area contributed by atoms with Crippen LogP contribution in [0.15, 0.2) is 48.7 Å². The van der Waals surface area contributed by atoms with E-state index in [0.717, 1.165) is 0 Å². The van der Waals surface area contributed by atoms with Crippen LogP contribution in [0.2, 0.25) is 0 Å². The van der Waals surface area contributed by atoms with Gasteiger partial charge in [0.2, 0.25) is 0 Å². The number of hydrogen-bond donors (Lipinski definition) is 0. The third kappa shape index (κ3) is 2.24. The number of hydrogen-bond acceptors (Lipinski definition) is 4. The van der Waals surface area contributed by atoms with Crippen LogP contribution in [0.5, 0.6) is 0 Å². The van der Waals surface area contributed by atoms with Gasteiger partial charge in [-0.25, -0.2) is 0 Å². The lowest BCUT2D eigenvalue weighted by Gasteiger charge is -2.07. The van der Waals surface area contributed by atoms with E-state index in [1.165, 1.54) is 22.9 Å². The minimum atomic E-state index is -0.513. The zero-order valence-electron chi connectivity index (χ0n) is 12.2. The molecule has 1 heterocycles. The molecule has 6 heteroatoms. The number of carbonyl (C=O) groups is 1. The second-order valence-corrected chi connectivity index (χ2v) is 5.05. The maximum atomic E-state index is 12.8. The summed E-state index contributed by atoms with van der Waals surface area (Å²) in [5, 5.41) is 20.9. The van der Waals surface area contributed by atoms with E-state index in [1.54, 1.807) is 37.3 Å². The first-order chi connectivity index (χ1) is 11.0. The number of nitriles is 1. The summed E-state index contributed by atoms with van der Waals surface area (Å²) in [6.45, 7) is 1.54. The molecule has 0 N–H and O–H groups in total. The lowest BCUT2D eigenvalue weighted by atomic mass is 10.1. The highest BCUT2D eigenvalue weighted by molar-refractivity contribution is 6.04. The maximum absolute atomic E-state index is 12.8. The van der Waals surface area contributed by atoms with Crippen molar-refractivity contribution in [1.29, 1.82) is 5.26 Å². The van der Waals surface area contributed by atoms with Crippen LogP contribution < -0.4 is 0 Å². The predicted molar refractivity (Wildman–Crippen MR) is 84.2 cm³/mol. The van der Waals surface area contributed by atoms with E-state index in [9.17, 15) is 20.2 Å². The van der Waals surface area contributed by atoms with Crippen LogP contribution in [0.25, 0.3) is 10.9 Å². The van der Waals surface area contributed by atoms with Crippen molar-refractivity contribution >= 4 is 22.5 Å². The molecule has 0 bridgehead atoms. The Morgan fingerprint density at radius 1 is 1.22 bits per heavy atom. The number of benzene rings is 2. The van der Waals surface area contributed by atoms with Gasteiger partial charge in [-0.05, 0) is 19.1 Å². The standard InChI is InChI=1S/C17H11N3O3/c1-11-13(6-4-8-15(11)20(22)23)17(21)19-10-12(9-18)14-5-2-3-7-16(14)19/h2-8,10H,1H3. The summed E-state index contributed by atoms with van der Waals surface area (Å²) in [4.78, 5) is 23.3. The van der Waals surface area contributed by atoms with Crippen LogP contribution in [0, 0.1) is 28.4 Å². The molecule has 0 aliphatic heterocycles. The van der Waals surface area contributed by atoms with Gasteiger partial charge < -0.3 is 0 Å². The van der Waals surface area contributed by atoms with Gasteiger partial charge in [0, 0.05) is 23.2 Å². The molecule has 3 rings (SSSR count). The zero-order valence-corrected chi connectivity index (χ0v) is 12.2. The van der Waals surface area contributed by atoms with E-state index < -0.39 is 10.8 Å². The lowest BCUT2D eigenvalue weighted by Crippen LogP contribution is -2.13. The van der Waals surface area contributed by atoms with Crippen molar-refractivity contribution in [3.8, 4) is 6.07 Å². The number of carbonyl (C=O) groups excluding carboxylic acids is 1. The number of aromatic nitrogens is 1. The number of para-hydroxylation sites is 1. The van der Waals surface area contributed by atoms with Gasteiger partial charge in [0.1, 0.15) is 6.07 Å². The summed E-state index contributed by atoms with van der Waals surface area (Å²) in [5.41, 5.74) is 1.42. The summed E-state index contributed by atoms with van der Waals surface area (Å²) in [7, 11) is 0. The van der Waals surface area contributed by atoms with Crippen molar-refractivity contribution in [3.05, 3.63) is 75.5 Å². The molecule has 1 aromatic heterocycles. The van der Waals surface area contributed by atoms with E-state index in [4.69, 9.17) is 0 Å². The van der Waals surface area contributed by atoms with Crippen molar-refractivity contribution in [1.82, 2.24) is 4.57 Å². The van der Waals surface area contributed by atoms with Crippen molar-refractivity contribution in [3.63, 3.8) is 0 Å². The van der Waals surface area contributed by atoms with Crippen LogP contribution in [0.1, 0.15) is 21.5 Å². The summed E-state index contributed by atoms with van der Waals surface area (Å²) in [6.07, 6.45) is 1.46. The molecular formula is C17H11N3O3. The first kappa shape index (κ1) is 14.5. The molecule has 112 valence electrons. The fraction of sp³-hybridized carbons (Fsp3) is 0.0588. The smallest absolute Gasteiger partial charge is 0.273 e. The monoisotopic (exact) mass is 305 g/mol. The molecule has 23 heavy (non-hydrogen) atoms. The van der Waals surface area contributed by atoms with Gasteiger partial charge in [-0.2, -0.15) is 5.26 Å². The van der Waals surface area contributed by atoms with E-state index in [0.29, 0.717) is 22.0 Å². The largest absolute Gasteiger partial charge is 0.282 e. The topological polar surface area (TPSA) is 88.9 Å². The first-order valence-electron chi connectivity index (χ1n) is 6.83. The van der Waals surface area contributed by atoms with Gasteiger partial charge in [0.25, 0.3) is 11.6 Å². The number of nitro benzene ring substituents is 1. The third-order valence-corrected chi connectivity index (χ3v) is 3.78. The van der Waals surface area contributed by atoms with Gasteiger partial charge in [0.05, 0.1) is 21.6 Å². The Kier molecular flexibility index (Phi) is 3.39. The minimum absolute atomic E-state index is 0.104. The van der Waals surface area contributed by atoms with E-state index >= 15 is 0 Å². The second-order valence-electron chi connectivity index (χ2n) is 5.05. The molecule has 0 radical (unpaired) electrons. The molecule has 0 aliphatic rings. The predicted octanol–water partition coefficient (Wildman–Crippen LogP) is 3.42. The van der Waals surface area contributed by atoms with E-state index in [-0.39, 0.29) is 11.3 Å². The molecule has 0 atom stereocenters. The average Bonchev–Trinajstić information content (AvgIpc) is 2.93. The van der Waals surface area contributed by atoms with E-state index in [1.807, 2.05) is 0 Å². The van der Waals surface area contributed by atoms with Gasteiger partial charge in [-0.1, -0.05) is 24.3 Å². The summed E-state index contributed by atoms with van der Waals surface area (Å²) >= 11 is 0. The molecule has 0 fully saturated rings. The van der Waals surface area contributed by atoms with E-state index in [2.05, 4.69) is 6.07 Å². The number of nitro groups is 1. The molecule has 0 aliphatic carbocycles. The molecule has 0 saturated heterocycles. The van der Waals surface area contributed by atoms with Crippen molar-refractivity contribution in [2.24, 2.45) is 0 Å². The van der Waals surface area contributed by atoms with Gasteiger partial charge in [-0.3, -0.25) is 19.5 Å². The molecule has 3 aromatic rings. The SMILES string of the molecule is Cc1c(C(=O)n2cc(C#N)c3ccccc32)cccc1[N+](=O)[O-]. The Labute approximate surface area is 131 Å². The van der Waals surface area contributed by atoms with Crippen molar-refractivity contribution in [2.75, 3.05) is 0 Å². The zero-order chi connectivity index (χ0) is 16.6. The Morgan fingerprint density at radius 3 is 2.65 bits per heavy atom. The second kappa shape index (κ2) is 5.39. The van der Waals surface area contributed by atoms with Crippen LogP contribution in [-0.4, -0.2) is 15.4 Å². The molecule has 0 amide bonds. The molecule has 6 nitrogen and oxygen atoms in total. The highest BCUT2D eigenvalue weighted by Crippen LogP contribution is 2.25. The number of rotatable bonds is 2. The molecule has 0 saturated carbocycles. The van der Waals surface area contributed by atoms with Gasteiger partial charge in [0.15, 0.2) is 0 Å². The molecular weight excluding hydrogens is 294 g/mol. The van der Waals surface area contributed by atoms with Crippen LogP contribution in [-0.2, 0) is 0 Å². The van der Waals surface area contributed by atoms with Crippen LogP contribution in [0.4, 0.5) is 5.69 Å². The maximum Gasteiger partial charge on any atom is 0.273 e. The highest BCUT2D eigenvalue weighted by Gasteiger charge is 2.21. The first-order valence-corrected chi connectivity index (χ1v) is 6.83. The van der Waals surface area contributed by atoms with Gasteiger partial charge in [-0.15, -0.1) is 0 Å². The Hall–Kier alpha value is -3.46. The summed E-state index contributed by atoms with van der Waals surface area (Å²) in [5.74, 6) is -0.399. The molecule has 0 unspecified atom stereocenters. The fourth-order valence-electron chi connectivity index (χ4n) is 2.62. The van der Waals surface area contributed by atoms with Gasteiger partial charge >= 0.3 is 0 Å². The fourth-order valence-corrected chi connectivity index (χ4v) is 2.62. The highest BCUT2D eigenvalue weighted by atomic mass is 16.6. The van der Waals surface area contributed by atoms with Crippen molar-refractivity contribution in [2.45, 2.75) is 6.92 Å². The average molecular weight is 305 g/mol. The normalized spacial score (nSPS) is 10.4. The summed E-state index contributed by atoms with van der Waals surface area (Å²) < 4.78 is 1.36. The number of nitrogens with zero attached hydrogens (tertiary/aromatic N) is 3. The molecule has 0 spiro atoms. The Bertz CT molecular complexity index is 996. The number of fused-ring (bicyclic) bond motifs is 1. The minimum Gasteiger partial charge on any atom is -0.282 e. The van der Waals surface area contributed by atoms with Crippen molar-refractivity contribution < 1.29 is 9.72 Å². The summed E-state index contributed by atoms with van der Waals surface area (Å²) in [6, 6.07) is 13.5. The van der Waals surface area contributed by atoms with Crippen LogP contribution >= 0.6 is 0 Å².